The lowest BCUT2D eigenvalue weighted by Crippen LogP contribution is -2.33. The van der Waals surface area contributed by atoms with E-state index < -0.39 is 0 Å². The summed E-state index contributed by atoms with van der Waals surface area (Å²) in [5.74, 6) is -0.0277. The minimum atomic E-state index is -0.0566. The highest BCUT2D eigenvalue weighted by atomic mass is 16.2. The fourth-order valence-electron chi connectivity index (χ4n) is 0.871. The van der Waals surface area contributed by atoms with Crippen LogP contribution in [0.1, 0.15) is 20.8 Å². The van der Waals surface area contributed by atoms with Crippen LogP contribution in [0.3, 0.4) is 0 Å². The highest BCUT2D eigenvalue weighted by Gasteiger charge is 2.09. The van der Waals surface area contributed by atoms with Gasteiger partial charge in [-0.1, -0.05) is 6.92 Å². The van der Waals surface area contributed by atoms with Crippen molar-refractivity contribution in [1.82, 2.24) is 4.90 Å². The average molecular weight is 157 g/mol. The number of carbonyl (C=O) groups is 2. The zero-order valence-electron chi connectivity index (χ0n) is 7.33. The number of carbonyl (C=O) groups excluding carboxylic acids is 2. The van der Waals surface area contributed by atoms with Gasteiger partial charge in [-0.3, -0.25) is 4.79 Å². The van der Waals surface area contributed by atoms with Crippen LogP contribution in [-0.2, 0) is 9.59 Å². The second kappa shape index (κ2) is 4.88. The first-order chi connectivity index (χ1) is 5.11. The van der Waals surface area contributed by atoms with E-state index in [1.54, 1.807) is 11.8 Å². The number of hydrogen-bond acceptors (Lipinski definition) is 2. The Morgan fingerprint density at radius 3 is 2.45 bits per heavy atom. The van der Waals surface area contributed by atoms with Crippen LogP contribution in [0.25, 0.3) is 0 Å². The van der Waals surface area contributed by atoms with Crippen LogP contribution in [-0.4, -0.2) is 30.2 Å². The van der Waals surface area contributed by atoms with E-state index in [9.17, 15) is 9.59 Å². The van der Waals surface area contributed by atoms with E-state index in [0.29, 0.717) is 13.1 Å². The van der Waals surface area contributed by atoms with E-state index in [1.165, 1.54) is 6.92 Å². The van der Waals surface area contributed by atoms with Gasteiger partial charge in [0, 0.05) is 25.9 Å². The minimum absolute atomic E-state index is 0.0289. The molecule has 3 nitrogen and oxygen atoms in total. The molecule has 0 aromatic heterocycles. The zero-order chi connectivity index (χ0) is 8.85. The molecule has 0 aliphatic heterocycles. The molecule has 0 aromatic rings. The average Bonchev–Trinajstić information content (AvgIpc) is 1.99. The van der Waals surface area contributed by atoms with Crippen molar-refractivity contribution < 1.29 is 9.59 Å². The van der Waals surface area contributed by atoms with Crippen molar-refractivity contribution in [3.05, 3.63) is 0 Å². The Labute approximate surface area is 67.4 Å². The van der Waals surface area contributed by atoms with Gasteiger partial charge < -0.3 is 9.69 Å². The first kappa shape index (κ1) is 10.1. The largest absolute Gasteiger partial charge is 0.343 e. The van der Waals surface area contributed by atoms with Gasteiger partial charge in [-0.2, -0.15) is 0 Å². The Kier molecular flexibility index (Phi) is 4.50. The van der Waals surface area contributed by atoms with Crippen LogP contribution >= 0.6 is 0 Å². The molecule has 0 aliphatic rings. The van der Waals surface area contributed by atoms with Gasteiger partial charge in [0.05, 0.1) is 0 Å². The molecule has 0 saturated heterocycles. The van der Waals surface area contributed by atoms with Crippen LogP contribution in [0.15, 0.2) is 0 Å². The molecule has 1 unspecified atom stereocenters. The van der Waals surface area contributed by atoms with Gasteiger partial charge in [0.2, 0.25) is 5.91 Å². The molecule has 0 radical (unpaired) electrons. The number of nitrogens with zero attached hydrogens (tertiary/aromatic N) is 1. The molecule has 1 amide bonds. The normalized spacial score (nSPS) is 12.3. The summed E-state index contributed by atoms with van der Waals surface area (Å²) >= 11 is 0. The van der Waals surface area contributed by atoms with E-state index >= 15 is 0 Å². The van der Waals surface area contributed by atoms with Gasteiger partial charge in [0.1, 0.15) is 6.29 Å². The number of aldehydes is 1. The van der Waals surface area contributed by atoms with Crippen LogP contribution in [0.4, 0.5) is 0 Å². The lowest BCUT2D eigenvalue weighted by atomic mass is 10.2. The maximum Gasteiger partial charge on any atom is 0.219 e. The molecule has 64 valence electrons. The molecule has 0 bridgehead atoms. The van der Waals surface area contributed by atoms with Gasteiger partial charge in [0.15, 0.2) is 0 Å². The summed E-state index contributed by atoms with van der Waals surface area (Å²) in [6.07, 6.45) is 0.867. The summed E-state index contributed by atoms with van der Waals surface area (Å²) in [5, 5.41) is 0. The van der Waals surface area contributed by atoms with Gasteiger partial charge in [-0.25, -0.2) is 0 Å². The summed E-state index contributed by atoms with van der Waals surface area (Å²) in [4.78, 5) is 22.7. The van der Waals surface area contributed by atoms with Gasteiger partial charge in [0.25, 0.3) is 0 Å². The maximum atomic E-state index is 10.8. The molecular formula is C8H15NO2. The Morgan fingerprint density at radius 2 is 2.18 bits per heavy atom. The molecule has 0 aromatic carbocycles. The molecular weight excluding hydrogens is 142 g/mol. The molecule has 3 heteroatoms. The summed E-state index contributed by atoms with van der Waals surface area (Å²) in [6, 6.07) is 0. The third kappa shape index (κ3) is 3.75. The summed E-state index contributed by atoms with van der Waals surface area (Å²) < 4.78 is 0. The topological polar surface area (TPSA) is 37.4 Å². The van der Waals surface area contributed by atoms with E-state index in [0.717, 1.165) is 6.29 Å². The molecule has 1 atom stereocenters. The molecule has 0 spiro atoms. The summed E-state index contributed by atoms with van der Waals surface area (Å²) in [5.41, 5.74) is 0. The van der Waals surface area contributed by atoms with Gasteiger partial charge >= 0.3 is 0 Å². The van der Waals surface area contributed by atoms with Crippen molar-refractivity contribution in [2.24, 2.45) is 5.92 Å². The van der Waals surface area contributed by atoms with Crippen molar-refractivity contribution in [3.63, 3.8) is 0 Å². The van der Waals surface area contributed by atoms with E-state index in [-0.39, 0.29) is 11.8 Å². The second-order valence-corrected chi connectivity index (χ2v) is 2.67. The van der Waals surface area contributed by atoms with Gasteiger partial charge in [-0.15, -0.1) is 0 Å². The smallest absolute Gasteiger partial charge is 0.219 e. The number of hydrogen-bond donors (Lipinski definition) is 0. The Morgan fingerprint density at radius 1 is 1.64 bits per heavy atom. The summed E-state index contributed by atoms with van der Waals surface area (Å²) in [7, 11) is 0. The van der Waals surface area contributed by atoms with Crippen LogP contribution < -0.4 is 0 Å². The van der Waals surface area contributed by atoms with Crippen molar-refractivity contribution in [2.75, 3.05) is 13.1 Å². The van der Waals surface area contributed by atoms with Crippen LogP contribution in [0.5, 0.6) is 0 Å². The van der Waals surface area contributed by atoms with Crippen molar-refractivity contribution >= 4 is 12.2 Å². The summed E-state index contributed by atoms with van der Waals surface area (Å²) in [6.45, 7) is 6.43. The molecule has 0 rings (SSSR count). The Bertz CT molecular complexity index is 145. The molecule has 0 fully saturated rings. The molecule has 0 aliphatic carbocycles. The number of amides is 1. The molecule has 0 N–H and O–H groups in total. The quantitative estimate of drug-likeness (QED) is 0.563. The first-order valence-corrected chi connectivity index (χ1v) is 3.82. The van der Waals surface area contributed by atoms with Crippen LogP contribution in [0, 0.1) is 5.92 Å². The maximum absolute atomic E-state index is 10.8. The first-order valence-electron chi connectivity index (χ1n) is 3.82. The fourth-order valence-corrected chi connectivity index (χ4v) is 0.871. The van der Waals surface area contributed by atoms with Crippen molar-refractivity contribution in [3.8, 4) is 0 Å². The SMILES string of the molecule is CCN(CC(C)C=O)C(C)=O. The Balaban J connectivity index is 3.87. The third-order valence-electron chi connectivity index (χ3n) is 1.57. The van der Waals surface area contributed by atoms with E-state index in [4.69, 9.17) is 0 Å². The standard InChI is InChI=1S/C8H15NO2/c1-4-9(8(3)11)5-7(2)6-10/h6-7H,4-5H2,1-3H3. The lowest BCUT2D eigenvalue weighted by Gasteiger charge is -2.20. The number of rotatable bonds is 4. The molecule has 0 heterocycles. The zero-order valence-corrected chi connectivity index (χ0v) is 7.33. The second-order valence-electron chi connectivity index (χ2n) is 2.67. The molecule has 11 heavy (non-hydrogen) atoms. The Hall–Kier alpha value is -0.860. The van der Waals surface area contributed by atoms with Crippen molar-refractivity contribution in [2.45, 2.75) is 20.8 Å². The lowest BCUT2D eigenvalue weighted by molar-refractivity contribution is -0.129. The van der Waals surface area contributed by atoms with Gasteiger partial charge in [-0.05, 0) is 6.92 Å². The minimum Gasteiger partial charge on any atom is -0.343 e. The highest BCUT2D eigenvalue weighted by Crippen LogP contribution is 1.96. The third-order valence-corrected chi connectivity index (χ3v) is 1.57. The van der Waals surface area contributed by atoms with Crippen LogP contribution in [0.2, 0.25) is 0 Å². The van der Waals surface area contributed by atoms with E-state index in [1.807, 2.05) is 6.92 Å². The monoisotopic (exact) mass is 157 g/mol. The predicted octanol–water partition coefficient (Wildman–Crippen LogP) is 0.690. The van der Waals surface area contributed by atoms with Crippen molar-refractivity contribution in [1.29, 1.82) is 0 Å². The fraction of sp³-hybridized carbons (Fsp3) is 0.750. The highest BCUT2D eigenvalue weighted by molar-refractivity contribution is 5.73. The predicted molar refractivity (Wildman–Crippen MR) is 43.2 cm³/mol. The van der Waals surface area contributed by atoms with E-state index in [2.05, 4.69) is 0 Å². The molecule has 0 saturated carbocycles.